The van der Waals surface area contributed by atoms with E-state index >= 15 is 0 Å². The number of pyridine rings is 1. The molecule has 0 bridgehead atoms. The third-order valence-electron chi connectivity index (χ3n) is 4.00. The lowest BCUT2D eigenvalue weighted by Crippen LogP contribution is -2.26. The zero-order chi connectivity index (χ0) is 17.4. The molecule has 0 radical (unpaired) electrons. The van der Waals surface area contributed by atoms with Crippen LogP contribution in [0.5, 0.6) is 0 Å². The van der Waals surface area contributed by atoms with Crippen LogP contribution in [0.25, 0.3) is 0 Å². The number of carbonyl (C=O) groups excluding carboxylic acids is 1. The molecule has 128 valence electrons. The van der Waals surface area contributed by atoms with Crippen LogP contribution in [0.3, 0.4) is 0 Å². The van der Waals surface area contributed by atoms with Crippen LogP contribution < -0.4 is 10.2 Å². The predicted molar refractivity (Wildman–Crippen MR) is 96.2 cm³/mol. The van der Waals surface area contributed by atoms with Crippen molar-refractivity contribution in [2.24, 2.45) is 0 Å². The summed E-state index contributed by atoms with van der Waals surface area (Å²) in [7, 11) is 0. The van der Waals surface area contributed by atoms with E-state index in [1.54, 1.807) is 6.20 Å². The summed E-state index contributed by atoms with van der Waals surface area (Å²) in [5, 5.41) is 11.9. The molecule has 5 nitrogen and oxygen atoms in total. The fourth-order valence-corrected chi connectivity index (χ4v) is 2.49. The monoisotopic (exact) mass is 327 g/mol. The molecule has 0 saturated carbocycles. The number of rotatable bonds is 8. The second-order valence-electron chi connectivity index (χ2n) is 5.56. The molecule has 2 aromatic rings. The number of aromatic nitrogens is 1. The Balaban J connectivity index is 1.85. The number of benzene rings is 1. The molecule has 0 fully saturated rings. The number of aliphatic hydroxyl groups excluding tert-OH is 1. The number of nitrogens with one attached hydrogen (secondary N) is 1. The summed E-state index contributed by atoms with van der Waals surface area (Å²) >= 11 is 0. The molecular weight excluding hydrogens is 302 g/mol. The van der Waals surface area contributed by atoms with Crippen molar-refractivity contribution >= 4 is 11.7 Å². The van der Waals surface area contributed by atoms with Crippen molar-refractivity contribution in [3.63, 3.8) is 0 Å². The SMILES string of the molecule is CCN(CC)c1ccc(C(=O)NCCc2ccc(CO)cc2)cn1. The van der Waals surface area contributed by atoms with Crippen LogP contribution in [0.2, 0.25) is 0 Å². The maximum absolute atomic E-state index is 12.2. The first-order chi connectivity index (χ1) is 11.7. The summed E-state index contributed by atoms with van der Waals surface area (Å²) < 4.78 is 0. The van der Waals surface area contributed by atoms with Crippen molar-refractivity contribution in [2.75, 3.05) is 24.5 Å². The Morgan fingerprint density at radius 1 is 1.08 bits per heavy atom. The van der Waals surface area contributed by atoms with Crippen LogP contribution in [0.15, 0.2) is 42.6 Å². The fourth-order valence-electron chi connectivity index (χ4n) is 2.49. The van der Waals surface area contributed by atoms with Gasteiger partial charge in [-0.05, 0) is 43.5 Å². The summed E-state index contributed by atoms with van der Waals surface area (Å²) in [5.41, 5.74) is 2.59. The van der Waals surface area contributed by atoms with Crippen molar-refractivity contribution in [1.29, 1.82) is 0 Å². The highest BCUT2D eigenvalue weighted by atomic mass is 16.3. The quantitative estimate of drug-likeness (QED) is 0.781. The minimum atomic E-state index is -0.111. The minimum Gasteiger partial charge on any atom is -0.392 e. The average molecular weight is 327 g/mol. The number of hydrogen-bond acceptors (Lipinski definition) is 4. The molecular formula is C19H25N3O2. The van der Waals surface area contributed by atoms with Crippen LogP contribution >= 0.6 is 0 Å². The van der Waals surface area contributed by atoms with Crippen LogP contribution in [-0.2, 0) is 13.0 Å². The molecule has 1 heterocycles. The molecule has 0 aliphatic heterocycles. The molecule has 2 rings (SSSR count). The van der Waals surface area contributed by atoms with Crippen LogP contribution in [0, 0.1) is 0 Å². The van der Waals surface area contributed by atoms with Crippen molar-refractivity contribution in [3.05, 3.63) is 59.3 Å². The Bertz CT molecular complexity index is 635. The zero-order valence-electron chi connectivity index (χ0n) is 14.3. The van der Waals surface area contributed by atoms with E-state index in [9.17, 15) is 4.79 Å². The maximum Gasteiger partial charge on any atom is 0.252 e. The predicted octanol–water partition coefficient (Wildman–Crippen LogP) is 2.39. The van der Waals surface area contributed by atoms with Gasteiger partial charge in [-0.2, -0.15) is 0 Å². The molecule has 0 saturated heterocycles. The summed E-state index contributed by atoms with van der Waals surface area (Å²) in [6.45, 7) is 6.56. The van der Waals surface area contributed by atoms with Crippen molar-refractivity contribution in [1.82, 2.24) is 10.3 Å². The molecule has 5 heteroatoms. The van der Waals surface area contributed by atoms with Gasteiger partial charge in [-0.3, -0.25) is 4.79 Å². The molecule has 1 aromatic carbocycles. The van der Waals surface area contributed by atoms with E-state index in [4.69, 9.17) is 5.11 Å². The number of hydrogen-bond donors (Lipinski definition) is 2. The van der Waals surface area contributed by atoms with E-state index in [1.165, 1.54) is 0 Å². The Labute approximate surface area is 143 Å². The zero-order valence-corrected chi connectivity index (χ0v) is 14.3. The lowest BCUT2D eigenvalue weighted by atomic mass is 10.1. The Kier molecular flexibility index (Phi) is 6.75. The van der Waals surface area contributed by atoms with Gasteiger partial charge in [0.15, 0.2) is 0 Å². The van der Waals surface area contributed by atoms with Gasteiger partial charge in [-0.1, -0.05) is 24.3 Å². The van der Waals surface area contributed by atoms with Crippen LogP contribution in [0.4, 0.5) is 5.82 Å². The van der Waals surface area contributed by atoms with E-state index in [1.807, 2.05) is 36.4 Å². The number of amides is 1. The molecule has 0 aliphatic rings. The molecule has 1 aromatic heterocycles. The van der Waals surface area contributed by atoms with Gasteiger partial charge in [0.05, 0.1) is 12.2 Å². The highest BCUT2D eigenvalue weighted by Gasteiger charge is 2.08. The standard InChI is InChI=1S/C19H25N3O2/c1-3-22(4-2)18-10-9-17(13-21-18)19(24)20-12-11-15-5-7-16(14-23)8-6-15/h5-10,13,23H,3-4,11-12,14H2,1-2H3,(H,20,24). The Morgan fingerprint density at radius 3 is 2.29 bits per heavy atom. The smallest absolute Gasteiger partial charge is 0.252 e. The first kappa shape index (κ1) is 17.9. The van der Waals surface area contributed by atoms with Crippen molar-refractivity contribution in [2.45, 2.75) is 26.9 Å². The lowest BCUT2D eigenvalue weighted by molar-refractivity contribution is 0.0954. The first-order valence-corrected chi connectivity index (χ1v) is 8.35. The van der Waals surface area contributed by atoms with Gasteiger partial charge in [0, 0.05) is 25.8 Å². The fraction of sp³-hybridized carbons (Fsp3) is 0.368. The molecule has 0 unspecified atom stereocenters. The minimum absolute atomic E-state index is 0.0491. The number of aliphatic hydroxyl groups is 1. The maximum atomic E-state index is 12.2. The van der Waals surface area contributed by atoms with Gasteiger partial charge in [0.25, 0.3) is 5.91 Å². The number of anilines is 1. The highest BCUT2D eigenvalue weighted by Crippen LogP contribution is 2.11. The van der Waals surface area contributed by atoms with E-state index in [-0.39, 0.29) is 12.5 Å². The largest absolute Gasteiger partial charge is 0.392 e. The number of carbonyl (C=O) groups is 1. The summed E-state index contributed by atoms with van der Waals surface area (Å²) in [5.74, 6) is 0.779. The topological polar surface area (TPSA) is 65.5 Å². The summed E-state index contributed by atoms with van der Waals surface area (Å²) in [4.78, 5) is 18.7. The molecule has 1 amide bonds. The van der Waals surface area contributed by atoms with E-state index in [0.29, 0.717) is 12.1 Å². The Morgan fingerprint density at radius 2 is 1.75 bits per heavy atom. The van der Waals surface area contributed by atoms with Gasteiger partial charge in [-0.25, -0.2) is 4.98 Å². The average Bonchev–Trinajstić information content (AvgIpc) is 2.64. The van der Waals surface area contributed by atoms with Crippen LogP contribution in [0.1, 0.15) is 35.3 Å². The lowest BCUT2D eigenvalue weighted by Gasteiger charge is -2.19. The van der Waals surface area contributed by atoms with E-state index in [2.05, 4.69) is 29.0 Å². The van der Waals surface area contributed by atoms with E-state index < -0.39 is 0 Å². The normalized spacial score (nSPS) is 10.5. The third-order valence-corrected chi connectivity index (χ3v) is 4.00. The summed E-state index contributed by atoms with van der Waals surface area (Å²) in [6.07, 6.45) is 2.38. The van der Waals surface area contributed by atoms with Gasteiger partial charge in [0.2, 0.25) is 0 Å². The van der Waals surface area contributed by atoms with Gasteiger partial charge in [-0.15, -0.1) is 0 Å². The highest BCUT2D eigenvalue weighted by molar-refractivity contribution is 5.94. The first-order valence-electron chi connectivity index (χ1n) is 8.35. The van der Waals surface area contributed by atoms with Gasteiger partial charge in [0.1, 0.15) is 5.82 Å². The molecule has 0 aliphatic carbocycles. The van der Waals surface area contributed by atoms with E-state index in [0.717, 1.165) is 36.5 Å². The van der Waals surface area contributed by atoms with Gasteiger partial charge < -0.3 is 15.3 Å². The second-order valence-corrected chi connectivity index (χ2v) is 5.56. The number of nitrogens with zero attached hydrogens (tertiary/aromatic N) is 2. The van der Waals surface area contributed by atoms with Crippen molar-refractivity contribution in [3.8, 4) is 0 Å². The molecule has 24 heavy (non-hydrogen) atoms. The molecule has 2 N–H and O–H groups in total. The van der Waals surface area contributed by atoms with Crippen LogP contribution in [-0.4, -0.2) is 35.6 Å². The molecule has 0 atom stereocenters. The van der Waals surface area contributed by atoms with Crippen molar-refractivity contribution < 1.29 is 9.90 Å². The second kappa shape index (κ2) is 9.03. The third kappa shape index (κ3) is 4.80. The van der Waals surface area contributed by atoms with Gasteiger partial charge >= 0.3 is 0 Å². The Hall–Kier alpha value is -2.40. The summed E-state index contributed by atoms with van der Waals surface area (Å²) in [6, 6.07) is 11.4. The molecule has 0 spiro atoms.